The third-order valence-electron chi connectivity index (χ3n) is 3.11. The van der Waals surface area contributed by atoms with Gasteiger partial charge in [-0.1, -0.05) is 12.1 Å². The summed E-state index contributed by atoms with van der Waals surface area (Å²) < 4.78 is 5.22. The summed E-state index contributed by atoms with van der Waals surface area (Å²) >= 11 is 0. The zero-order valence-corrected chi connectivity index (χ0v) is 10.8. The van der Waals surface area contributed by atoms with E-state index in [1.54, 1.807) is 31.3 Å². The molecule has 1 aliphatic heterocycles. The van der Waals surface area contributed by atoms with Crippen LogP contribution in [-0.2, 0) is 4.74 Å². The van der Waals surface area contributed by atoms with Crippen LogP contribution in [0.5, 0.6) is 0 Å². The van der Waals surface area contributed by atoms with E-state index >= 15 is 0 Å². The topological polar surface area (TPSA) is 91.4 Å². The van der Waals surface area contributed by atoms with Crippen molar-refractivity contribution in [3.8, 4) is 0 Å². The standard InChI is InChI=1S/C13H18N4O2/c1-17(13(18)16-10-5-6-19-8-10)11-4-2-3-9(7-11)12(14)15/h2-4,7,10H,5-6,8H2,1H3,(H3,14,15)(H,16,18). The molecular formula is C13H18N4O2. The molecule has 1 fully saturated rings. The van der Waals surface area contributed by atoms with Gasteiger partial charge in [0.1, 0.15) is 5.84 Å². The molecule has 6 nitrogen and oxygen atoms in total. The highest BCUT2D eigenvalue weighted by atomic mass is 16.5. The summed E-state index contributed by atoms with van der Waals surface area (Å²) in [4.78, 5) is 13.6. The molecular weight excluding hydrogens is 244 g/mol. The lowest BCUT2D eigenvalue weighted by molar-refractivity contribution is 0.189. The molecule has 6 heteroatoms. The highest BCUT2D eigenvalue weighted by Crippen LogP contribution is 2.15. The van der Waals surface area contributed by atoms with Crippen molar-refractivity contribution in [2.24, 2.45) is 5.73 Å². The van der Waals surface area contributed by atoms with Gasteiger partial charge in [-0.2, -0.15) is 0 Å². The molecule has 0 bridgehead atoms. The number of carbonyl (C=O) groups excluding carboxylic acids is 1. The number of nitrogens with zero attached hydrogens (tertiary/aromatic N) is 1. The van der Waals surface area contributed by atoms with Crippen molar-refractivity contribution in [2.75, 3.05) is 25.2 Å². The lowest BCUT2D eigenvalue weighted by Crippen LogP contribution is -2.43. The first-order chi connectivity index (χ1) is 9.08. The number of rotatable bonds is 3. The molecule has 1 aromatic rings. The fourth-order valence-electron chi connectivity index (χ4n) is 1.92. The van der Waals surface area contributed by atoms with Crippen LogP contribution in [-0.4, -0.2) is 38.2 Å². The normalized spacial score (nSPS) is 18.1. The molecule has 0 aliphatic carbocycles. The average Bonchev–Trinajstić information content (AvgIpc) is 2.90. The number of urea groups is 1. The van der Waals surface area contributed by atoms with Crippen LogP contribution >= 0.6 is 0 Å². The number of nitrogen functional groups attached to an aromatic ring is 1. The Hall–Kier alpha value is -2.08. The van der Waals surface area contributed by atoms with E-state index in [0.717, 1.165) is 6.42 Å². The van der Waals surface area contributed by atoms with Crippen molar-refractivity contribution >= 4 is 17.6 Å². The maximum Gasteiger partial charge on any atom is 0.321 e. The van der Waals surface area contributed by atoms with Gasteiger partial charge >= 0.3 is 6.03 Å². The van der Waals surface area contributed by atoms with Gasteiger partial charge in [0.05, 0.1) is 12.6 Å². The van der Waals surface area contributed by atoms with Crippen LogP contribution in [0.25, 0.3) is 0 Å². The third kappa shape index (κ3) is 3.23. The van der Waals surface area contributed by atoms with E-state index in [4.69, 9.17) is 15.9 Å². The Morgan fingerprint density at radius 2 is 2.37 bits per heavy atom. The van der Waals surface area contributed by atoms with Crippen molar-refractivity contribution in [1.29, 1.82) is 5.41 Å². The molecule has 0 aromatic heterocycles. The molecule has 4 N–H and O–H groups in total. The van der Waals surface area contributed by atoms with Gasteiger partial charge in [0, 0.05) is 24.9 Å². The predicted octanol–water partition coefficient (Wildman–Crippen LogP) is 0.905. The molecule has 1 atom stereocenters. The van der Waals surface area contributed by atoms with Gasteiger partial charge in [-0.25, -0.2) is 4.79 Å². The molecule has 1 saturated heterocycles. The zero-order valence-electron chi connectivity index (χ0n) is 10.8. The predicted molar refractivity (Wildman–Crippen MR) is 73.6 cm³/mol. The van der Waals surface area contributed by atoms with Crippen molar-refractivity contribution in [2.45, 2.75) is 12.5 Å². The number of anilines is 1. The van der Waals surface area contributed by atoms with Gasteiger partial charge in [-0.05, 0) is 18.6 Å². The summed E-state index contributed by atoms with van der Waals surface area (Å²) in [6, 6.07) is 6.92. The number of amidine groups is 1. The van der Waals surface area contributed by atoms with Crippen LogP contribution in [0.15, 0.2) is 24.3 Å². The summed E-state index contributed by atoms with van der Waals surface area (Å²) in [6.07, 6.45) is 0.840. The van der Waals surface area contributed by atoms with E-state index in [2.05, 4.69) is 5.32 Å². The summed E-state index contributed by atoms with van der Waals surface area (Å²) in [6.45, 7) is 1.25. The molecule has 102 valence electrons. The Morgan fingerprint density at radius 1 is 1.58 bits per heavy atom. The lowest BCUT2D eigenvalue weighted by Gasteiger charge is -2.21. The molecule has 0 saturated carbocycles. The first-order valence-corrected chi connectivity index (χ1v) is 6.14. The van der Waals surface area contributed by atoms with E-state index in [0.29, 0.717) is 24.5 Å². The van der Waals surface area contributed by atoms with Gasteiger partial charge in [0.2, 0.25) is 0 Å². The number of hydrogen-bond acceptors (Lipinski definition) is 3. The van der Waals surface area contributed by atoms with Gasteiger partial charge in [0.25, 0.3) is 0 Å². The minimum atomic E-state index is -0.184. The van der Waals surface area contributed by atoms with E-state index in [9.17, 15) is 4.79 Å². The molecule has 1 aliphatic rings. The van der Waals surface area contributed by atoms with Crippen LogP contribution in [0.3, 0.4) is 0 Å². The third-order valence-corrected chi connectivity index (χ3v) is 3.11. The molecule has 0 radical (unpaired) electrons. The number of carbonyl (C=O) groups is 1. The summed E-state index contributed by atoms with van der Waals surface area (Å²) in [5.41, 5.74) is 6.74. The fourth-order valence-corrected chi connectivity index (χ4v) is 1.92. The Labute approximate surface area is 112 Å². The molecule has 0 spiro atoms. The number of nitrogens with one attached hydrogen (secondary N) is 2. The number of nitrogens with two attached hydrogens (primary N) is 1. The first-order valence-electron chi connectivity index (χ1n) is 6.14. The van der Waals surface area contributed by atoms with Gasteiger partial charge < -0.3 is 15.8 Å². The molecule has 1 heterocycles. The van der Waals surface area contributed by atoms with Crippen LogP contribution in [0.2, 0.25) is 0 Å². The molecule has 1 aromatic carbocycles. The Kier molecular flexibility index (Phi) is 4.01. The number of ether oxygens (including phenoxy) is 1. The summed E-state index contributed by atoms with van der Waals surface area (Å²) in [5, 5.41) is 10.3. The zero-order chi connectivity index (χ0) is 13.8. The largest absolute Gasteiger partial charge is 0.384 e. The Morgan fingerprint density at radius 3 is 3.00 bits per heavy atom. The maximum absolute atomic E-state index is 12.1. The SMILES string of the molecule is CN(C(=O)NC1CCOC1)c1cccc(C(=N)N)c1. The number of benzene rings is 1. The van der Waals surface area contributed by atoms with E-state index < -0.39 is 0 Å². The molecule has 19 heavy (non-hydrogen) atoms. The Balaban J connectivity index is 2.05. The maximum atomic E-state index is 12.1. The second-order valence-corrected chi connectivity index (χ2v) is 4.53. The van der Waals surface area contributed by atoms with Gasteiger partial charge in [0.15, 0.2) is 0 Å². The van der Waals surface area contributed by atoms with Gasteiger partial charge in [-0.15, -0.1) is 0 Å². The average molecular weight is 262 g/mol. The van der Waals surface area contributed by atoms with Crippen LogP contribution < -0.4 is 16.0 Å². The van der Waals surface area contributed by atoms with E-state index in [-0.39, 0.29) is 17.9 Å². The lowest BCUT2D eigenvalue weighted by atomic mass is 10.2. The van der Waals surface area contributed by atoms with Crippen molar-refractivity contribution in [3.05, 3.63) is 29.8 Å². The highest BCUT2D eigenvalue weighted by molar-refractivity contribution is 5.98. The number of amides is 2. The van der Waals surface area contributed by atoms with Crippen LogP contribution in [0, 0.1) is 5.41 Å². The Bertz CT molecular complexity index is 483. The smallest absolute Gasteiger partial charge is 0.321 e. The molecule has 1 unspecified atom stereocenters. The van der Waals surface area contributed by atoms with Crippen molar-refractivity contribution in [1.82, 2.24) is 5.32 Å². The summed E-state index contributed by atoms with van der Waals surface area (Å²) in [7, 11) is 1.68. The van der Waals surface area contributed by atoms with Crippen molar-refractivity contribution in [3.63, 3.8) is 0 Å². The minimum Gasteiger partial charge on any atom is -0.384 e. The van der Waals surface area contributed by atoms with E-state index in [1.807, 2.05) is 0 Å². The first kappa shape index (κ1) is 13.4. The second-order valence-electron chi connectivity index (χ2n) is 4.53. The van der Waals surface area contributed by atoms with E-state index in [1.165, 1.54) is 4.90 Å². The van der Waals surface area contributed by atoms with Crippen LogP contribution in [0.1, 0.15) is 12.0 Å². The second kappa shape index (κ2) is 5.71. The highest BCUT2D eigenvalue weighted by Gasteiger charge is 2.20. The number of hydrogen-bond donors (Lipinski definition) is 3. The molecule has 2 amide bonds. The molecule has 2 rings (SSSR count). The quantitative estimate of drug-likeness (QED) is 0.558. The summed E-state index contributed by atoms with van der Waals surface area (Å²) in [5.74, 6) is -0.0140. The minimum absolute atomic E-state index is 0.0140. The van der Waals surface area contributed by atoms with Crippen LogP contribution in [0.4, 0.5) is 10.5 Å². The fraction of sp³-hybridized carbons (Fsp3) is 0.385. The van der Waals surface area contributed by atoms with Gasteiger partial charge in [-0.3, -0.25) is 10.3 Å². The monoisotopic (exact) mass is 262 g/mol. The van der Waals surface area contributed by atoms with Crippen molar-refractivity contribution < 1.29 is 9.53 Å².